The Labute approximate surface area is 82.8 Å². The summed E-state index contributed by atoms with van der Waals surface area (Å²) in [6, 6.07) is 1.79. The standard InChI is InChI=1S/C8H7BrN2O2/c1-4-6(13-11-8(4)10)5-2-3-12-7(5)9/h2-3H,1H3,(H2,10,11). The number of hydrogen-bond acceptors (Lipinski definition) is 4. The van der Waals surface area contributed by atoms with Crippen LogP contribution in [0.15, 0.2) is 25.9 Å². The summed E-state index contributed by atoms with van der Waals surface area (Å²) in [5.41, 5.74) is 7.19. The summed E-state index contributed by atoms with van der Waals surface area (Å²) < 4.78 is 10.7. The number of anilines is 1. The molecule has 5 heteroatoms. The molecule has 0 aliphatic carbocycles. The molecule has 4 nitrogen and oxygen atoms in total. The molecule has 0 atom stereocenters. The summed E-state index contributed by atoms with van der Waals surface area (Å²) in [6.45, 7) is 1.85. The molecule has 2 N–H and O–H groups in total. The van der Waals surface area contributed by atoms with Crippen LogP contribution in [-0.4, -0.2) is 5.16 Å². The Morgan fingerprint density at radius 3 is 2.77 bits per heavy atom. The summed E-state index contributed by atoms with van der Waals surface area (Å²) in [6.07, 6.45) is 1.57. The van der Waals surface area contributed by atoms with Crippen molar-refractivity contribution in [1.82, 2.24) is 5.16 Å². The molecule has 0 aliphatic rings. The number of furan rings is 1. The fourth-order valence-corrected chi connectivity index (χ4v) is 1.48. The van der Waals surface area contributed by atoms with Crippen molar-refractivity contribution in [2.24, 2.45) is 0 Å². The van der Waals surface area contributed by atoms with Crippen molar-refractivity contribution >= 4 is 21.7 Å². The van der Waals surface area contributed by atoms with Crippen LogP contribution in [0.5, 0.6) is 0 Å². The number of rotatable bonds is 1. The smallest absolute Gasteiger partial charge is 0.180 e. The monoisotopic (exact) mass is 242 g/mol. The molecular formula is C8H7BrN2O2. The minimum atomic E-state index is 0.406. The quantitative estimate of drug-likeness (QED) is 0.835. The van der Waals surface area contributed by atoms with Crippen molar-refractivity contribution in [3.8, 4) is 11.3 Å². The van der Waals surface area contributed by atoms with E-state index in [-0.39, 0.29) is 0 Å². The Hall–Kier alpha value is -1.23. The van der Waals surface area contributed by atoms with Crippen LogP contribution in [0.2, 0.25) is 0 Å². The van der Waals surface area contributed by atoms with Gasteiger partial charge < -0.3 is 14.7 Å². The van der Waals surface area contributed by atoms with Crippen LogP contribution in [0.3, 0.4) is 0 Å². The first-order chi connectivity index (χ1) is 6.20. The molecule has 0 saturated heterocycles. The summed E-state index contributed by atoms with van der Waals surface area (Å²) >= 11 is 3.25. The van der Waals surface area contributed by atoms with Crippen molar-refractivity contribution in [3.05, 3.63) is 22.6 Å². The third-order valence-corrected chi connectivity index (χ3v) is 2.44. The second-order valence-corrected chi connectivity index (χ2v) is 3.35. The van der Waals surface area contributed by atoms with E-state index in [2.05, 4.69) is 21.1 Å². The number of nitrogens with zero attached hydrogens (tertiary/aromatic N) is 1. The zero-order chi connectivity index (χ0) is 9.42. The van der Waals surface area contributed by atoms with Crippen molar-refractivity contribution in [3.63, 3.8) is 0 Å². The summed E-state index contributed by atoms with van der Waals surface area (Å²) in [5, 5.41) is 3.65. The van der Waals surface area contributed by atoms with E-state index in [4.69, 9.17) is 14.7 Å². The van der Waals surface area contributed by atoms with Crippen LogP contribution in [0.4, 0.5) is 5.82 Å². The fraction of sp³-hybridized carbons (Fsp3) is 0.125. The molecule has 0 amide bonds. The summed E-state index contributed by atoms with van der Waals surface area (Å²) in [7, 11) is 0. The van der Waals surface area contributed by atoms with E-state index < -0.39 is 0 Å². The van der Waals surface area contributed by atoms with Crippen LogP contribution in [-0.2, 0) is 0 Å². The highest BCUT2D eigenvalue weighted by Crippen LogP contribution is 2.33. The first kappa shape index (κ1) is 8.37. The van der Waals surface area contributed by atoms with Gasteiger partial charge in [0.25, 0.3) is 0 Å². The number of halogens is 1. The van der Waals surface area contributed by atoms with E-state index in [1.54, 1.807) is 12.3 Å². The van der Waals surface area contributed by atoms with Gasteiger partial charge in [0.2, 0.25) is 0 Å². The van der Waals surface area contributed by atoms with Gasteiger partial charge in [0.15, 0.2) is 16.2 Å². The van der Waals surface area contributed by atoms with Gasteiger partial charge in [-0.15, -0.1) is 0 Å². The van der Waals surface area contributed by atoms with Crippen molar-refractivity contribution < 1.29 is 8.94 Å². The molecule has 68 valence electrons. The fourth-order valence-electron chi connectivity index (χ4n) is 1.05. The van der Waals surface area contributed by atoms with E-state index in [9.17, 15) is 0 Å². The van der Waals surface area contributed by atoms with E-state index in [1.807, 2.05) is 6.92 Å². The Morgan fingerprint density at radius 1 is 1.54 bits per heavy atom. The lowest BCUT2D eigenvalue weighted by Gasteiger charge is -1.91. The lowest BCUT2D eigenvalue weighted by molar-refractivity contribution is 0.434. The lowest BCUT2D eigenvalue weighted by atomic mass is 10.2. The minimum absolute atomic E-state index is 0.406. The lowest BCUT2D eigenvalue weighted by Crippen LogP contribution is -1.86. The van der Waals surface area contributed by atoms with Gasteiger partial charge in [-0.2, -0.15) is 0 Å². The van der Waals surface area contributed by atoms with Gasteiger partial charge in [-0.1, -0.05) is 5.16 Å². The average Bonchev–Trinajstić information content (AvgIpc) is 2.62. The highest BCUT2D eigenvalue weighted by atomic mass is 79.9. The topological polar surface area (TPSA) is 65.2 Å². The van der Waals surface area contributed by atoms with E-state index in [1.165, 1.54) is 0 Å². The van der Waals surface area contributed by atoms with Crippen LogP contribution >= 0.6 is 15.9 Å². The molecule has 0 aromatic carbocycles. The molecule has 0 radical (unpaired) electrons. The molecule has 2 heterocycles. The van der Waals surface area contributed by atoms with Gasteiger partial charge in [0, 0.05) is 5.56 Å². The highest BCUT2D eigenvalue weighted by Gasteiger charge is 2.15. The first-order valence-corrected chi connectivity index (χ1v) is 4.44. The van der Waals surface area contributed by atoms with Gasteiger partial charge >= 0.3 is 0 Å². The maximum absolute atomic E-state index is 5.55. The van der Waals surface area contributed by atoms with Crippen LogP contribution in [0, 0.1) is 6.92 Å². The molecular weight excluding hydrogens is 236 g/mol. The number of nitrogen functional groups attached to an aromatic ring is 1. The Bertz CT molecular complexity index is 433. The van der Waals surface area contributed by atoms with Crippen LogP contribution < -0.4 is 5.73 Å². The SMILES string of the molecule is Cc1c(N)noc1-c1ccoc1Br. The molecule has 0 spiro atoms. The second kappa shape index (κ2) is 2.92. The molecule has 0 aliphatic heterocycles. The Morgan fingerprint density at radius 2 is 2.31 bits per heavy atom. The average molecular weight is 243 g/mol. The van der Waals surface area contributed by atoms with Crippen molar-refractivity contribution in [2.75, 3.05) is 5.73 Å². The number of aromatic nitrogens is 1. The van der Waals surface area contributed by atoms with Gasteiger partial charge in [-0.05, 0) is 28.9 Å². The van der Waals surface area contributed by atoms with Gasteiger partial charge in [0.1, 0.15) is 0 Å². The predicted molar refractivity (Wildman–Crippen MR) is 51.1 cm³/mol. The van der Waals surface area contributed by atoms with Gasteiger partial charge in [-0.25, -0.2) is 0 Å². The Balaban J connectivity index is 2.59. The zero-order valence-electron chi connectivity index (χ0n) is 6.87. The third-order valence-electron chi connectivity index (χ3n) is 1.82. The normalized spacial score (nSPS) is 10.6. The number of hydrogen-bond donors (Lipinski definition) is 1. The third kappa shape index (κ3) is 1.25. The van der Waals surface area contributed by atoms with Crippen molar-refractivity contribution in [2.45, 2.75) is 6.92 Å². The first-order valence-electron chi connectivity index (χ1n) is 3.65. The van der Waals surface area contributed by atoms with Crippen molar-refractivity contribution in [1.29, 1.82) is 0 Å². The maximum Gasteiger partial charge on any atom is 0.180 e. The second-order valence-electron chi connectivity index (χ2n) is 2.63. The molecule has 2 rings (SSSR count). The Kier molecular flexibility index (Phi) is 1.88. The molecule has 0 fully saturated rings. The molecule has 0 unspecified atom stereocenters. The summed E-state index contributed by atoms with van der Waals surface area (Å²) in [5.74, 6) is 1.04. The molecule has 2 aromatic heterocycles. The largest absolute Gasteiger partial charge is 0.457 e. The highest BCUT2D eigenvalue weighted by molar-refractivity contribution is 9.10. The predicted octanol–water partition coefficient (Wildman–Crippen LogP) is 2.59. The van der Waals surface area contributed by atoms with E-state index in [0.29, 0.717) is 16.2 Å². The molecule has 2 aromatic rings. The molecule has 13 heavy (non-hydrogen) atoms. The summed E-state index contributed by atoms with van der Waals surface area (Å²) in [4.78, 5) is 0. The zero-order valence-corrected chi connectivity index (χ0v) is 8.46. The maximum atomic E-state index is 5.55. The minimum Gasteiger partial charge on any atom is -0.457 e. The van der Waals surface area contributed by atoms with E-state index >= 15 is 0 Å². The van der Waals surface area contributed by atoms with Crippen LogP contribution in [0.25, 0.3) is 11.3 Å². The van der Waals surface area contributed by atoms with E-state index in [0.717, 1.165) is 11.1 Å². The van der Waals surface area contributed by atoms with Gasteiger partial charge in [0.05, 0.1) is 11.8 Å². The molecule has 0 bridgehead atoms. The van der Waals surface area contributed by atoms with Gasteiger partial charge in [-0.3, -0.25) is 0 Å². The number of nitrogens with two attached hydrogens (primary N) is 1. The molecule has 0 saturated carbocycles. The van der Waals surface area contributed by atoms with Crippen LogP contribution in [0.1, 0.15) is 5.56 Å².